The number of hydrogen-bond acceptors (Lipinski definition) is 3. The second-order valence-corrected chi connectivity index (χ2v) is 2.76. The molecule has 0 bridgehead atoms. The summed E-state index contributed by atoms with van der Waals surface area (Å²) in [5, 5.41) is 9.04. The van der Waals surface area contributed by atoms with E-state index >= 15 is 0 Å². The second kappa shape index (κ2) is 6.31. The molecule has 0 rings (SSSR count). The summed E-state index contributed by atoms with van der Waals surface area (Å²) >= 11 is 0. The van der Waals surface area contributed by atoms with Gasteiger partial charge in [-0.15, -0.1) is 0 Å². The Kier molecular flexibility index (Phi) is 6.07. The van der Waals surface area contributed by atoms with Gasteiger partial charge in [-0.3, -0.25) is 4.79 Å². The van der Waals surface area contributed by atoms with Gasteiger partial charge in [-0.2, -0.15) is 0 Å². The number of carbonyl (C=O) groups excluding carboxylic acids is 1. The minimum atomic E-state index is -0.757. The lowest BCUT2D eigenvalue weighted by molar-refractivity contribution is -0.125. The number of rotatable bonds is 6. The number of aliphatic hydroxyl groups is 1. The highest BCUT2D eigenvalue weighted by atomic mass is 16.3. The third-order valence-electron chi connectivity index (χ3n) is 1.65. The largest absolute Gasteiger partial charge is 0.385 e. The Labute approximate surface area is 67.6 Å². The summed E-state index contributed by atoms with van der Waals surface area (Å²) < 4.78 is 0. The first-order valence-electron chi connectivity index (χ1n) is 4.07. The highest BCUT2D eigenvalue weighted by Crippen LogP contribution is 2.03. The van der Waals surface area contributed by atoms with Crippen LogP contribution in [0.5, 0.6) is 0 Å². The fourth-order valence-corrected chi connectivity index (χ4v) is 0.862. The van der Waals surface area contributed by atoms with Gasteiger partial charge in [0, 0.05) is 0 Å². The third kappa shape index (κ3) is 6.01. The van der Waals surface area contributed by atoms with Gasteiger partial charge >= 0.3 is 0 Å². The molecule has 3 heteroatoms. The summed E-state index contributed by atoms with van der Waals surface area (Å²) in [7, 11) is 0. The van der Waals surface area contributed by atoms with E-state index in [2.05, 4.69) is 0 Å². The number of ketones is 1. The number of hydrogen-bond donors (Lipinski definition) is 2. The summed E-state index contributed by atoms with van der Waals surface area (Å²) in [6, 6.07) is 0. The normalized spacial score (nSPS) is 13.0. The van der Waals surface area contributed by atoms with E-state index < -0.39 is 6.10 Å². The third-order valence-corrected chi connectivity index (χ3v) is 1.65. The van der Waals surface area contributed by atoms with E-state index in [1.807, 2.05) is 0 Å². The van der Waals surface area contributed by atoms with E-state index in [9.17, 15) is 4.79 Å². The SMILES string of the molecule is CC(=O)C(O)CCCCCN. The monoisotopic (exact) mass is 159 g/mol. The fraction of sp³-hybridized carbons (Fsp3) is 0.875. The molecule has 0 saturated carbocycles. The Morgan fingerprint density at radius 1 is 1.45 bits per heavy atom. The predicted molar refractivity (Wildman–Crippen MR) is 44.2 cm³/mol. The Balaban J connectivity index is 3.17. The van der Waals surface area contributed by atoms with Crippen molar-refractivity contribution in [2.24, 2.45) is 5.73 Å². The minimum Gasteiger partial charge on any atom is -0.385 e. The van der Waals surface area contributed by atoms with Gasteiger partial charge in [0.2, 0.25) is 0 Å². The Morgan fingerprint density at radius 2 is 2.09 bits per heavy atom. The van der Waals surface area contributed by atoms with Crippen LogP contribution in [0, 0.1) is 0 Å². The molecule has 0 fully saturated rings. The average molecular weight is 159 g/mol. The molecule has 0 aliphatic carbocycles. The molecule has 0 aromatic heterocycles. The number of carbonyl (C=O) groups is 1. The fourth-order valence-electron chi connectivity index (χ4n) is 0.862. The summed E-state index contributed by atoms with van der Waals surface area (Å²) in [4.78, 5) is 10.5. The molecule has 0 amide bonds. The van der Waals surface area contributed by atoms with Crippen molar-refractivity contribution >= 4 is 5.78 Å². The van der Waals surface area contributed by atoms with Gasteiger partial charge in [-0.05, 0) is 26.3 Å². The maximum absolute atomic E-state index is 10.5. The van der Waals surface area contributed by atoms with E-state index in [-0.39, 0.29) is 5.78 Å². The van der Waals surface area contributed by atoms with Crippen LogP contribution in [0.1, 0.15) is 32.6 Å². The van der Waals surface area contributed by atoms with Gasteiger partial charge in [0.15, 0.2) is 5.78 Å². The zero-order valence-electron chi connectivity index (χ0n) is 7.05. The van der Waals surface area contributed by atoms with Gasteiger partial charge in [0.05, 0.1) is 0 Å². The van der Waals surface area contributed by atoms with Gasteiger partial charge in [-0.25, -0.2) is 0 Å². The van der Waals surface area contributed by atoms with Crippen molar-refractivity contribution in [2.75, 3.05) is 6.54 Å². The highest BCUT2D eigenvalue weighted by Gasteiger charge is 2.07. The minimum absolute atomic E-state index is 0.141. The van der Waals surface area contributed by atoms with E-state index in [1.165, 1.54) is 6.92 Å². The summed E-state index contributed by atoms with van der Waals surface area (Å²) in [6.07, 6.45) is 2.69. The molecule has 0 spiro atoms. The maximum atomic E-state index is 10.5. The molecule has 66 valence electrons. The van der Waals surface area contributed by atoms with Crippen LogP contribution in [0.3, 0.4) is 0 Å². The van der Waals surface area contributed by atoms with Crippen molar-refractivity contribution in [3.63, 3.8) is 0 Å². The standard InChI is InChI=1S/C8H17NO2/c1-7(10)8(11)5-3-2-4-6-9/h8,11H,2-6,9H2,1H3. The number of nitrogens with two attached hydrogens (primary N) is 1. The number of aliphatic hydroxyl groups excluding tert-OH is 1. The van der Waals surface area contributed by atoms with Crippen molar-refractivity contribution in [2.45, 2.75) is 38.7 Å². The molecule has 1 atom stereocenters. The van der Waals surface area contributed by atoms with Crippen molar-refractivity contribution < 1.29 is 9.90 Å². The molecule has 3 nitrogen and oxygen atoms in total. The zero-order chi connectivity index (χ0) is 8.69. The van der Waals surface area contributed by atoms with Gasteiger partial charge in [-0.1, -0.05) is 12.8 Å². The lowest BCUT2D eigenvalue weighted by Gasteiger charge is -2.04. The highest BCUT2D eigenvalue weighted by molar-refractivity contribution is 5.79. The molecule has 0 aliphatic rings. The Morgan fingerprint density at radius 3 is 2.55 bits per heavy atom. The van der Waals surface area contributed by atoms with Crippen LogP contribution in [0.2, 0.25) is 0 Å². The topological polar surface area (TPSA) is 63.3 Å². The lowest BCUT2D eigenvalue weighted by Crippen LogP contribution is -2.16. The van der Waals surface area contributed by atoms with Gasteiger partial charge in [0.25, 0.3) is 0 Å². The quantitative estimate of drug-likeness (QED) is 0.553. The molecular weight excluding hydrogens is 142 g/mol. The van der Waals surface area contributed by atoms with Crippen molar-refractivity contribution in [3.05, 3.63) is 0 Å². The lowest BCUT2D eigenvalue weighted by atomic mass is 10.1. The smallest absolute Gasteiger partial charge is 0.158 e. The number of unbranched alkanes of at least 4 members (excludes halogenated alkanes) is 2. The molecular formula is C8H17NO2. The van der Waals surface area contributed by atoms with Crippen LogP contribution < -0.4 is 5.73 Å². The first kappa shape index (κ1) is 10.6. The van der Waals surface area contributed by atoms with E-state index in [0.29, 0.717) is 13.0 Å². The van der Waals surface area contributed by atoms with Crippen molar-refractivity contribution in [1.29, 1.82) is 0 Å². The van der Waals surface area contributed by atoms with Crippen LogP contribution in [-0.2, 0) is 4.79 Å². The predicted octanol–water partition coefficient (Wildman–Crippen LogP) is 0.455. The molecule has 0 aliphatic heterocycles. The second-order valence-electron chi connectivity index (χ2n) is 2.76. The van der Waals surface area contributed by atoms with Gasteiger partial charge < -0.3 is 10.8 Å². The number of Topliss-reactive ketones (excluding diaryl/α,β-unsaturated/α-hetero) is 1. The van der Waals surface area contributed by atoms with Crippen molar-refractivity contribution in [3.8, 4) is 0 Å². The molecule has 3 N–H and O–H groups in total. The van der Waals surface area contributed by atoms with Crippen LogP contribution in [0.4, 0.5) is 0 Å². The van der Waals surface area contributed by atoms with Crippen LogP contribution >= 0.6 is 0 Å². The first-order valence-corrected chi connectivity index (χ1v) is 4.07. The Hall–Kier alpha value is -0.410. The molecule has 11 heavy (non-hydrogen) atoms. The molecule has 0 heterocycles. The van der Waals surface area contributed by atoms with E-state index in [0.717, 1.165) is 19.3 Å². The first-order chi connectivity index (χ1) is 5.18. The molecule has 0 saturated heterocycles. The van der Waals surface area contributed by atoms with Gasteiger partial charge in [0.1, 0.15) is 6.10 Å². The van der Waals surface area contributed by atoms with E-state index in [1.54, 1.807) is 0 Å². The van der Waals surface area contributed by atoms with E-state index in [4.69, 9.17) is 10.8 Å². The van der Waals surface area contributed by atoms with Crippen LogP contribution in [-0.4, -0.2) is 23.5 Å². The average Bonchev–Trinajstić information content (AvgIpc) is 1.97. The summed E-state index contributed by atoms with van der Waals surface area (Å²) in [5.41, 5.74) is 5.28. The molecule has 0 aromatic rings. The molecule has 0 aromatic carbocycles. The maximum Gasteiger partial charge on any atom is 0.158 e. The van der Waals surface area contributed by atoms with Crippen LogP contribution in [0.15, 0.2) is 0 Å². The molecule has 1 unspecified atom stereocenters. The summed E-state index contributed by atoms with van der Waals surface area (Å²) in [6.45, 7) is 2.10. The summed E-state index contributed by atoms with van der Waals surface area (Å²) in [5.74, 6) is -0.141. The van der Waals surface area contributed by atoms with Crippen molar-refractivity contribution in [1.82, 2.24) is 0 Å². The Bertz CT molecular complexity index is 115. The zero-order valence-corrected chi connectivity index (χ0v) is 7.05. The molecule has 0 radical (unpaired) electrons. The van der Waals surface area contributed by atoms with Crippen LogP contribution in [0.25, 0.3) is 0 Å².